The molecule has 7 heteroatoms. The summed E-state index contributed by atoms with van der Waals surface area (Å²) in [7, 11) is 1.65. The molecule has 2 aromatic heterocycles. The molecule has 0 bridgehead atoms. The van der Waals surface area contributed by atoms with Crippen molar-refractivity contribution in [3.8, 4) is 23.1 Å². The van der Waals surface area contributed by atoms with Crippen LogP contribution in [0, 0.1) is 17.2 Å². The van der Waals surface area contributed by atoms with E-state index in [4.69, 9.17) is 10.00 Å². The van der Waals surface area contributed by atoms with Crippen LogP contribution in [-0.4, -0.2) is 40.0 Å². The Labute approximate surface area is 145 Å². The van der Waals surface area contributed by atoms with E-state index in [0.717, 1.165) is 54.3 Å². The van der Waals surface area contributed by atoms with Gasteiger partial charge >= 0.3 is 0 Å². The molecule has 0 radical (unpaired) electrons. The molecule has 4 rings (SSSR count). The summed E-state index contributed by atoms with van der Waals surface area (Å²) in [5.41, 5.74) is 3.61. The fourth-order valence-corrected chi connectivity index (χ4v) is 3.20. The lowest BCUT2D eigenvalue weighted by molar-refractivity contribution is 0.415. The number of hydrogen-bond donors (Lipinski definition) is 0. The molecule has 0 amide bonds. The monoisotopic (exact) mass is 334 g/mol. The molecule has 126 valence electrons. The fourth-order valence-electron chi connectivity index (χ4n) is 3.20. The molecule has 1 saturated heterocycles. The van der Waals surface area contributed by atoms with E-state index in [0.29, 0.717) is 0 Å². The Hall–Kier alpha value is -3.14. The number of piperidine rings is 1. The van der Waals surface area contributed by atoms with E-state index in [1.165, 1.54) is 0 Å². The van der Waals surface area contributed by atoms with Gasteiger partial charge in [0, 0.05) is 24.6 Å². The number of ether oxygens (including phenoxy) is 1. The first-order valence-corrected chi connectivity index (χ1v) is 8.28. The summed E-state index contributed by atoms with van der Waals surface area (Å²) in [4.78, 5) is 2.27. The summed E-state index contributed by atoms with van der Waals surface area (Å²) in [5, 5.41) is 21.9. The van der Waals surface area contributed by atoms with Crippen LogP contribution in [0.5, 0.6) is 5.75 Å². The molecule has 1 aliphatic rings. The van der Waals surface area contributed by atoms with E-state index in [1.54, 1.807) is 18.0 Å². The lowest BCUT2D eigenvalue weighted by atomic mass is 9.98. The van der Waals surface area contributed by atoms with Gasteiger partial charge in [-0.05, 0) is 43.2 Å². The molecule has 1 aliphatic heterocycles. The highest BCUT2D eigenvalue weighted by Crippen LogP contribution is 2.30. The van der Waals surface area contributed by atoms with E-state index in [2.05, 4.69) is 32.3 Å². The molecule has 7 nitrogen and oxygen atoms in total. The second-order valence-electron chi connectivity index (χ2n) is 6.13. The molecule has 0 unspecified atom stereocenters. The highest BCUT2D eigenvalue weighted by Gasteiger charge is 2.22. The lowest BCUT2D eigenvalue weighted by Crippen LogP contribution is -2.33. The summed E-state index contributed by atoms with van der Waals surface area (Å²) in [6, 6.07) is 12.2. The molecule has 0 atom stereocenters. The van der Waals surface area contributed by atoms with Crippen LogP contribution in [0.1, 0.15) is 12.8 Å². The third kappa shape index (κ3) is 2.87. The summed E-state index contributed by atoms with van der Waals surface area (Å²) in [5.74, 6) is 0.959. The maximum atomic E-state index is 9.11. The van der Waals surface area contributed by atoms with Crippen molar-refractivity contribution < 1.29 is 4.74 Å². The number of aromatic nitrogens is 4. The van der Waals surface area contributed by atoms with Gasteiger partial charge in [0.05, 0.1) is 24.6 Å². The van der Waals surface area contributed by atoms with Crippen LogP contribution in [0.2, 0.25) is 0 Å². The van der Waals surface area contributed by atoms with Gasteiger partial charge in [0.1, 0.15) is 12.1 Å². The average Bonchev–Trinajstić information content (AvgIpc) is 3.16. The van der Waals surface area contributed by atoms with Crippen molar-refractivity contribution in [2.45, 2.75) is 12.8 Å². The Balaban J connectivity index is 1.73. The Morgan fingerprint density at radius 2 is 1.96 bits per heavy atom. The molecule has 1 aromatic carbocycles. The normalized spacial score (nSPS) is 15.3. The summed E-state index contributed by atoms with van der Waals surface area (Å²) >= 11 is 0. The first-order valence-electron chi connectivity index (χ1n) is 8.28. The van der Waals surface area contributed by atoms with Gasteiger partial charge < -0.3 is 9.64 Å². The Kier molecular flexibility index (Phi) is 3.94. The third-order valence-electron chi connectivity index (χ3n) is 4.65. The van der Waals surface area contributed by atoms with Crippen molar-refractivity contribution in [3.63, 3.8) is 0 Å². The summed E-state index contributed by atoms with van der Waals surface area (Å²) < 4.78 is 6.94. The summed E-state index contributed by atoms with van der Waals surface area (Å²) in [6.07, 6.45) is 3.36. The van der Waals surface area contributed by atoms with Gasteiger partial charge in [-0.3, -0.25) is 0 Å². The predicted molar refractivity (Wildman–Crippen MR) is 93.3 cm³/mol. The second-order valence-corrected chi connectivity index (χ2v) is 6.13. The highest BCUT2D eigenvalue weighted by atomic mass is 16.5. The quantitative estimate of drug-likeness (QED) is 0.732. The number of nitriles is 1. The zero-order valence-corrected chi connectivity index (χ0v) is 14.0. The Bertz CT molecular complexity index is 919. The molecule has 25 heavy (non-hydrogen) atoms. The molecule has 3 heterocycles. The van der Waals surface area contributed by atoms with Gasteiger partial charge in [-0.15, -0.1) is 10.2 Å². The summed E-state index contributed by atoms with van der Waals surface area (Å²) in [6.45, 7) is 1.68. The lowest BCUT2D eigenvalue weighted by Gasteiger charge is -2.31. The molecule has 0 spiro atoms. The van der Waals surface area contributed by atoms with E-state index in [-0.39, 0.29) is 5.92 Å². The first kappa shape index (κ1) is 15.4. The van der Waals surface area contributed by atoms with Gasteiger partial charge in [0.2, 0.25) is 5.65 Å². The maximum absolute atomic E-state index is 9.11. The number of hydrogen-bond acceptors (Lipinski definition) is 6. The zero-order chi connectivity index (χ0) is 17.2. The first-order chi connectivity index (χ1) is 12.3. The highest BCUT2D eigenvalue weighted by molar-refractivity contribution is 5.74. The van der Waals surface area contributed by atoms with Crippen LogP contribution >= 0.6 is 0 Å². The smallest absolute Gasteiger partial charge is 0.200 e. The largest absolute Gasteiger partial charge is 0.497 e. The van der Waals surface area contributed by atoms with Crippen LogP contribution < -0.4 is 9.64 Å². The van der Waals surface area contributed by atoms with Gasteiger partial charge in [0.15, 0.2) is 0 Å². The second kappa shape index (κ2) is 6.40. The maximum Gasteiger partial charge on any atom is 0.200 e. The molecule has 1 fully saturated rings. The number of fused-ring (bicyclic) bond motifs is 1. The Morgan fingerprint density at radius 3 is 2.64 bits per heavy atom. The average molecular weight is 334 g/mol. The van der Waals surface area contributed by atoms with E-state index in [9.17, 15) is 0 Å². The molecular formula is C18H18N6O. The van der Waals surface area contributed by atoms with Crippen LogP contribution in [0.3, 0.4) is 0 Å². The third-order valence-corrected chi connectivity index (χ3v) is 4.65. The molecular weight excluding hydrogens is 316 g/mol. The van der Waals surface area contributed by atoms with Gasteiger partial charge in [-0.25, -0.2) is 0 Å². The topological polar surface area (TPSA) is 79.3 Å². The van der Waals surface area contributed by atoms with Crippen LogP contribution in [-0.2, 0) is 0 Å². The minimum absolute atomic E-state index is 0.146. The van der Waals surface area contributed by atoms with E-state index in [1.807, 2.05) is 24.3 Å². The van der Waals surface area contributed by atoms with Crippen molar-refractivity contribution in [2.24, 2.45) is 5.92 Å². The number of nitrogens with zero attached hydrogens (tertiary/aromatic N) is 6. The van der Waals surface area contributed by atoms with Gasteiger partial charge in [-0.2, -0.15) is 14.9 Å². The fraction of sp³-hybridized carbons (Fsp3) is 0.333. The predicted octanol–water partition coefficient (Wildman–Crippen LogP) is 2.54. The van der Waals surface area contributed by atoms with Crippen LogP contribution in [0.15, 0.2) is 36.7 Å². The number of benzene rings is 1. The van der Waals surface area contributed by atoms with E-state index >= 15 is 0 Å². The molecule has 0 N–H and O–H groups in total. The Morgan fingerprint density at radius 1 is 1.20 bits per heavy atom. The van der Waals surface area contributed by atoms with Crippen molar-refractivity contribution >= 4 is 11.3 Å². The zero-order valence-electron chi connectivity index (χ0n) is 14.0. The van der Waals surface area contributed by atoms with Crippen molar-refractivity contribution in [3.05, 3.63) is 36.7 Å². The number of methoxy groups -OCH3 is 1. The minimum atomic E-state index is 0.146. The molecule has 0 aliphatic carbocycles. The SMILES string of the molecule is COc1ccc(-c2cc(N3CCC(C#N)CC3)c3nncn3n2)cc1. The number of anilines is 1. The van der Waals surface area contributed by atoms with Crippen LogP contribution in [0.25, 0.3) is 16.9 Å². The van der Waals surface area contributed by atoms with E-state index < -0.39 is 0 Å². The van der Waals surface area contributed by atoms with Crippen LogP contribution in [0.4, 0.5) is 5.69 Å². The van der Waals surface area contributed by atoms with Crippen molar-refractivity contribution in [1.82, 2.24) is 19.8 Å². The van der Waals surface area contributed by atoms with Gasteiger partial charge in [-0.1, -0.05) is 0 Å². The number of rotatable bonds is 3. The van der Waals surface area contributed by atoms with Crippen molar-refractivity contribution in [2.75, 3.05) is 25.1 Å². The van der Waals surface area contributed by atoms with Gasteiger partial charge in [0.25, 0.3) is 0 Å². The standard InChI is InChI=1S/C18H18N6O/c1-25-15-4-2-14(3-5-15)16-10-17(18-21-20-12-24(18)22-16)23-8-6-13(11-19)7-9-23/h2-5,10,12-13H,6-9H2,1H3. The molecule has 3 aromatic rings. The molecule has 0 saturated carbocycles. The minimum Gasteiger partial charge on any atom is -0.497 e. The van der Waals surface area contributed by atoms with Crippen molar-refractivity contribution in [1.29, 1.82) is 5.26 Å².